The predicted molar refractivity (Wildman–Crippen MR) is 77.8 cm³/mol. The molecule has 0 amide bonds. The van der Waals surface area contributed by atoms with Crippen LogP contribution in [0.5, 0.6) is 0 Å². The number of imidazole rings is 1. The molecule has 6 heteroatoms. The molecular weight excluding hydrogens is 258 g/mol. The van der Waals surface area contributed by atoms with E-state index in [-0.39, 0.29) is 0 Å². The summed E-state index contributed by atoms with van der Waals surface area (Å²) in [4.78, 5) is 11.6. The zero-order valence-electron chi connectivity index (χ0n) is 10.4. The maximum atomic E-state index is 5.08. The van der Waals surface area contributed by atoms with Crippen molar-refractivity contribution in [2.45, 2.75) is 6.54 Å². The molecule has 0 aliphatic carbocycles. The van der Waals surface area contributed by atoms with Crippen LogP contribution in [-0.2, 0) is 6.54 Å². The zero-order valence-corrected chi connectivity index (χ0v) is 11.2. The van der Waals surface area contributed by atoms with Gasteiger partial charge in [-0.1, -0.05) is 30.3 Å². The fourth-order valence-corrected chi connectivity index (χ4v) is 2.27. The van der Waals surface area contributed by atoms with E-state index in [2.05, 4.69) is 37.0 Å². The Labute approximate surface area is 115 Å². The Balaban J connectivity index is 2.12. The lowest BCUT2D eigenvalue weighted by Gasteiger charge is -2.07. The second-order valence-electron chi connectivity index (χ2n) is 4.20. The Kier molecular flexibility index (Phi) is 3.00. The molecule has 5 nitrogen and oxygen atoms in total. The van der Waals surface area contributed by atoms with Gasteiger partial charge in [-0.25, -0.2) is 9.97 Å². The maximum Gasteiger partial charge on any atom is 0.200 e. The SMILES string of the molecule is CNc1nc(=S)[nH]c2ncn(Cc3ccccc3)c12. The van der Waals surface area contributed by atoms with Gasteiger partial charge >= 0.3 is 0 Å². The van der Waals surface area contributed by atoms with E-state index in [4.69, 9.17) is 12.2 Å². The van der Waals surface area contributed by atoms with Gasteiger partial charge in [0.2, 0.25) is 4.77 Å². The van der Waals surface area contributed by atoms with E-state index in [9.17, 15) is 0 Å². The van der Waals surface area contributed by atoms with Crippen LogP contribution in [0.4, 0.5) is 5.82 Å². The summed E-state index contributed by atoms with van der Waals surface area (Å²) in [6, 6.07) is 10.2. The number of H-pyrrole nitrogens is 1. The molecule has 0 aliphatic rings. The van der Waals surface area contributed by atoms with Crippen molar-refractivity contribution in [3.8, 4) is 0 Å². The summed E-state index contributed by atoms with van der Waals surface area (Å²) < 4.78 is 2.48. The second kappa shape index (κ2) is 4.81. The van der Waals surface area contributed by atoms with Crippen LogP contribution >= 0.6 is 12.2 Å². The van der Waals surface area contributed by atoms with Crippen molar-refractivity contribution in [2.24, 2.45) is 0 Å². The smallest absolute Gasteiger partial charge is 0.200 e. The standard InChI is InChI=1S/C13H13N5S/c1-14-11-10-12(17-13(19)16-11)15-8-18(10)7-9-5-3-2-4-6-9/h2-6,8H,7H2,1H3,(H2,14,16,17,19). The van der Waals surface area contributed by atoms with Gasteiger partial charge in [-0.05, 0) is 17.8 Å². The summed E-state index contributed by atoms with van der Waals surface area (Å²) in [5.74, 6) is 0.743. The molecule has 0 saturated carbocycles. The van der Waals surface area contributed by atoms with Gasteiger partial charge in [-0.15, -0.1) is 0 Å². The summed E-state index contributed by atoms with van der Waals surface area (Å²) in [7, 11) is 1.83. The summed E-state index contributed by atoms with van der Waals surface area (Å²) in [5, 5.41) is 3.06. The molecule has 96 valence electrons. The number of hydrogen-bond acceptors (Lipinski definition) is 4. The molecule has 0 atom stereocenters. The number of nitrogens with zero attached hydrogens (tertiary/aromatic N) is 3. The van der Waals surface area contributed by atoms with Crippen LogP contribution in [-0.4, -0.2) is 26.6 Å². The van der Waals surface area contributed by atoms with Crippen molar-refractivity contribution in [2.75, 3.05) is 12.4 Å². The van der Waals surface area contributed by atoms with E-state index in [0.29, 0.717) is 4.77 Å². The van der Waals surface area contributed by atoms with Gasteiger partial charge < -0.3 is 14.9 Å². The van der Waals surface area contributed by atoms with Crippen molar-refractivity contribution in [3.05, 3.63) is 47.0 Å². The Bertz CT molecular complexity index is 760. The quantitative estimate of drug-likeness (QED) is 0.719. The minimum Gasteiger partial charge on any atom is -0.371 e. The summed E-state index contributed by atoms with van der Waals surface area (Å²) in [6.45, 7) is 0.748. The average molecular weight is 271 g/mol. The highest BCUT2D eigenvalue weighted by molar-refractivity contribution is 7.71. The van der Waals surface area contributed by atoms with Gasteiger partial charge in [0, 0.05) is 13.6 Å². The molecule has 19 heavy (non-hydrogen) atoms. The van der Waals surface area contributed by atoms with Gasteiger partial charge in [0.05, 0.1) is 6.33 Å². The van der Waals surface area contributed by atoms with E-state index in [1.165, 1.54) is 5.56 Å². The monoisotopic (exact) mass is 271 g/mol. The number of aromatic amines is 1. The Morgan fingerprint density at radius 2 is 2.11 bits per heavy atom. The molecule has 2 aromatic heterocycles. The fourth-order valence-electron chi connectivity index (χ4n) is 2.08. The van der Waals surface area contributed by atoms with Gasteiger partial charge in [0.25, 0.3) is 0 Å². The van der Waals surface area contributed by atoms with Crippen LogP contribution in [0.2, 0.25) is 0 Å². The highest BCUT2D eigenvalue weighted by atomic mass is 32.1. The second-order valence-corrected chi connectivity index (χ2v) is 4.58. The van der Waals surface area contributed by atoms with Crippen molar-refractivity contribution in [3.63, 3.8) is 0 Å². The number of benzene rings is 1. The molecule has 0 spiro atoms. The first-order valence-corrected chi connectivity index (χ1v) is 6.35. The van der Waals surface area contributed by atoms with Crippen LogP contribution in [0.25, 0.3) is 11.2 Å². The van der Waals surface area contributed by atoms with Crippen molar-refractivity contribution in [1.29, 1.82) is 0 Å². The first kappa shape index (κ1) is 11.9. The first-order valence-electron chi connectivity index (χ1n) is 5.95. The molecule has 0 aliphatic heterocycles. The van der Waals surface area contributed by atoms with Crippen molar-refractivity contribution in [1.82, 2.24) is 19.5 Å². The van der Waals surface area contributed by atoms with E-state index in [0.717, 1.165) is 23.5 Å². The number of nitrogens with one attached hydrogen (secondary N) is 2. The molecule has 0 unspecified atom stereocenters. The molecule has 0 radical (unpaired) electrons. The molecule has 0 fully saturated rings. The highest BCUT2D eigenvalue weighted by Crippen LogP contribution is 2.19. The van der Waals surface area contributed by atoms with E-state index in [1.54, 1.807) is 6.33 Å². The maximum absolute atomic E-state index is 5.08. The Morgan fingerprint density at radius 1 is 1.32 bits per heavy atom. The molecule has 3 aromatic rings. The van der Waals surface area contributed by atoms with E-state index in [1.807, 2.05) is 25.2 Å². The van der Waals surface area contributed by atoms with Crippen LogP contribution in [0.3, 0.4) is 0 Å². The summed E-state index contributed by atoms with van der Waals surface area (Å²) >= 11 is 5.08. The Hall–Kier alpha value is -2.21. The zero-order chi connectivity index (χ0) is 13.2. The van der Waals surface area contributed by atoms with E-state index >= 15 is 0 Å². The number of rotatable bonds is 3. The van der Waals surface area contributed by atoms with E-state index < -0.39 is 0 Å². The molecule has 0 bridgehead atoms. The van der Waals surface area contributed by atoms with Crippen LogP contribution in [0, 0.1) is 4.77 Å². The average Bonchev–Trinajstić information content (AvgIpc) is 2.82. The third-order valence-electron chi connectivity index (χ3n) is 2.93. The number of aromatic nitrogens is 4. The Morgan fingerprint density at radius 3 is 2.84 bits per heavy atom. The number of fused-ring (bicyclic) bond motifs is 1. The normalized spacial score (nSPS) is 10.8. The molecular formula is C13H13N5S. The minimum atomic E-state index is 0.432. The number of hydrogen-bond donors (Lipinski definition) is 2. The van der Waals surface area contributed by atoms with Crippen LogP contribution in [0.1, 0.15) is 5.56 Å². The minimum absolute atomic E-state index is 0.432. The lowest BCUT2D eigenvalue weighted by molar-refractivity contribution is 0.823. The summed E-state index contributed by atoms with van der Waals surface area (Å²) in [5.41, 5.74) is 2.89. The van der Waals surface area contributed by atoms with Crippen molar-refractivity contribution < 1.29 is 0 Å². The molecule has 0 saturated heterocycles. The van der Waals surface area contributed by atoms with Gasteiger partial charge in [-0.3, -0.25) is 0 Å². The number of anilines is 1. The van der Waals surface area contributed by atoms with Gasteiger partial charge in [0.15, 0.2) is 11.5 Å². The predicted octanol–water partition coefficient (Wildman–Crippen LogP) is 2.58. The highest BCUT2D eigenvalue weighted by Gasteiger charge is 2.09. The lowest BCUT2D eigenvalue weighted by Crippen LogP contribution is -2.02. The summed E-state index contributed by atoms with van der Waals surface area (Å²) in [6.07, 6.45) is 1.80. The topological polar surface area (TPSA) is 58.5 Å². The van der Waals surface area contributed by atoms with Crippen LogP contribution < -0.4 is 5.32 Å². The molecule has 2 heterocycles. The largest absolute Gasteiger partial charge is 0.371 e. The lowest BCUT2D eigenvalue weighted by atomic mass is 10.2. The first-order chi connectivity index (χ1) is 9.28. The third-order valence-corrected chi connectivity index (χ3v) is 3.13. The molecule has 2 N–H and O–H groups in total. The fraction of sp³-hybridized carbons (Fsp3) is 0.154. The van der Waals surface area contributed by atoms with Gasteiger partial charge in [0.1, 0.15) is 5.52 Å². The van der Waals surface area contributed by atoms with Crippen molar-refractivity contribution >= 4 is 29.2 Å². The molecule has 3 rings (SSSR count). The van der Waals surface area contributed by atoms with Gasteiger partial charge in [-0.2, -0.15) is 0 Å². The third kappa shape index (κ3) is 2.22. The molecule has 1 aromatic carbocycles. The van der Waals surface area contributed by atoms with Crippen LogP contribution in [0.15, 0.2) is 36.7 Å².